The number of carbonyl (C=O) groups is 3. The van der Waals surface area contributed by atoms with E-state index in [2.05, 4.69) is 91.3 Å². The average molecular weight is 864 g/mol. The number of hydrogen-bond acceptors (Lipinski definition) is 9. The highest BCUT2D eigenvalue weighted by molar-refractivity contribution is 7.47. The highest BCUT2D eigenvalue weighted by Crippen LogP contribution is 2.43. The summed E-state index contributed by atoms with van der Waals surface area (Å²) < 4.78 is 32.7. The standard InChI is InChI=1S/C48H82NO10P/c1-3-5-7-9-11-13-15-17-19-21-22-24-25-27-29-31-33-35-37-39-46(50)56-41-44(42-57-60(54,55)58-43-45(49)48(52)53)59-47(51)40-38-36-34-32-30-28-26-23-20-18-16-14-12-10-8-6-4-2/h6,8,11-14,17-20,26,28,44-45H,3-5,7,9-10,15-16,21-25,27,29-43,49H2,1-2H3,(H,52,53)(H,54,55)/b8-6-,13-11-,14-12-,19-17-,20-18-,28-26-/t44-,45+/m1/s1. The normalized spacial score (nSPS) is 14.3. The highest BCUT2D eigenvalue weighted by atomic mass is 31.2. The SMILES string of the molecule is CC/C=C\C/C=C\C/C=C\C/C=C\CCCCCCC(=O)O[C@H](COC(=O)CCCCCCCCCCC/C=C\C/C=C\CCCCC)COP(=O)(O)OC[C@H](N)C(=O)O. The molecular formula is C48H82NO10P. The summed E-state index contributed by atoms with van der Waals surface area (Å²) >= 11 is 0. The Bertz CT molecular complexity index is 1290. The molecular weight excluding hydrogens is 781 g/mol. The second-order valence-electron chi connectivity index (χ2n) is 15.1. The number of allylic oxidation sites excluding steroid dienone is 12. The molecule has 0 amide bonds. The van der Waals surface area contributed by atoms with Gasteiger partial charge in [-0.2, -0.15) is 0 Å². The number of hydrogen-bond donors (Lipinski definition) is 3. The molecule has 0 bridgehead atoms. The molecule has 0 aliphatic heterocycles. The van der Waals surface area contributed by atoms with Crippen LogP contribution in [-0.4, -0.2) is 59.9 Å². The van der Waals surface area contributed by atoms with Gasteiger partial charge in [0.2, 0.25) is 0 Å². The third-order valence-corrected chi connectivity index (χ3v) is 10.4. The number of carboxylic acids is 1. The van der Waals surface area contributed by atoms with Gasteiger partial charge in [0.1, 0.15) is 12.6 Å². The average Bonchev–Trinajstić information content (AvgIpc) is 3.22. The lowest BCUT2D eigenvalue weighted by Gasteiger charge is -2.20. The Kier molecular flexibility index (Phi) is 40.4. The molecule has 0 heterocycles. The number of aliphatic carboxylic acids is 1. The number of ether oxygens (including phenoxy) is 2. The van der Waals surface area contributed by atoms with Crippen LogP contribution in [0, 0.1) is 0 Å². The van der Waals surface area contributed by atoms with Crippen LogP contribution in [0.2, 0.25) is 0 Å². The fraction of sp³-hybridized carbons (Fsp3) is 0.688. The van der Waals surface area contributed by atoms with Crippen LogP contribution in [0.3, 0.4) is 0 Å². The number of phosphoric ester groups is 1. The molecule has 0 saturated carbocycles. The topological polar surface area (TPSA) is 172 Å². The van der Waals surface area contributed by atoms with Crippen molar-refractivity contribution in [1.82, 2.24) is 0 Å². The van der Waals surface area contributed by atoms with E-state index in [0.29, 0.717) is 12.8 Å². The molecule has 11 nitrogen and oxygen atoms in total. The Hall–Kier alpha value is -3.08. The van der Waals surface area contributed by atoms with E-state index in [9.17, 15) is 23.8 Å². The van der Waals surface area contributed by atoms with Gasteiger partial charge in [0.25, 0.3) is 0 Å². The van der Waals surface area contributed by atoms with Crippen molar-refractivity contribution in [3.63, 3.8) is 0 Å². The Morgan fingerprint density at radius 2 is 0.933 bits per heavy atom. The van der Waals surface area contributed by atoms with Crippen molar-refractivity contribution in [2.75, 3.05) is 19.8 Å². The lowest BCUT2D eigenvalue weighted by Crippen LogP contribution is -2.34. The van der Waals surface area contributed by atoms with E-state index >= 15 is 0 Å². The first-order chi connectivity index (χ1) is 29.1. The first-order valence-electron chi connectivity index (χ1n) is 23.0. The third kappa shape index (κ3) is 41.6. The monoisotopic (exact) mass is 864 g/mol. The van der Waals surface area contributed by atoms with Crippen molar-refractivity contribution in [1.29, 1.82) is 0 Å². The molecule has 344 valence electrons. The van der Waals surface area contributed by atoms with Crippen LogP contribution in [-0.2, 0) is 37.5 Å². The maximum atomic E-state index is 12.6. The molecule has 0 rings (SSSR count). The van der Waals surface area contributed by atoms with Gasteiger partial charge in [-0.05, 0) is 83.5 Å². The Morgan fingerprint density at radius 1 is 0.533 bits per heavy atom. The smallest absolute Gasteiger partial charge is 0.472 e. The van der Waals surface area contributed by atoms with Crippen LogP contribution in [0.4, 0.5) is 0 Å². The number of carboxylic acid groups (broad SMARTS) is 1. The van der Waals surface area contributed by atoms with Gasteiger partial charge in [-0.1, -0.05) is 157 Å². The summed E-state index contributed by atoms with van der Waals surface area (Å²) in [7, 11) is -4.73. The van der Waals surface area contributed by atoms with Gasteiger partial charge >= 0.3 is 25.7 Å². The number of carbonyl (C=O) groups excluding carboxylic acids is 2. The fourth-order valence-electron chi connectivity index (χ4n) is 5.85. The van der Waals surface area contributed by atoms with Crippen LogP contribution in [0.25, 0.3) is 0 Å². The summed E-state index contributed by atoms with van der Waals surface area (Å²) in [6.07, 6.45) is 51.0. The Morgan fingerprint density at radius 3 is 1.40 bits per heavy atom. The van der Waals surface area contributed by atoms with Crippen LogP contribution < -0.4 is 5.73 Å². The van der Waals surface area contributed by atoms with Crippen LogP contribution in [0.1, 0.15) is 181 Å². The van der Waals surface area contributed by atoms with Crippen molar-refractivity contribution in [2.45, 2.75) is 193 Å². The minimum absolute atomic E-state index is 0.129. The first kappa shape index (κ1) is 56.9. The predicted octanol–water partition coefficient (Wildman–Crippen LogP) is 12.5. The van der Waals surface area contributed by atoms with Gasteiger partial charge in [-0.3, -0.25) is 23.4 Å². The van der Waals surface area contributed by atoms with Gasteiger partial charge in [-0.25, -0.2) is 4.57 Å². The zero-order valence-corrected chi connectivity index (χ0v) is 38.2. The van der Waals surface area contributed by atoms with E-state index in [1.807, 2.05) is 0 Å². The van der Waals surface area contributed by atoms with Crippen LogP contribution in [0.5, 0.6) is 0 Å². The molecule has 60 heavy (non-hydrogen) atoms. The molecule has 0 spiro atoms. The number of unbranched alkanes of at least 4 members (excludes halogenated alkanes) is 16. The molecule has 1 unspecified atom stereocenters. The van der Waals surface area contributed by atoms with E-state index in [4.69, 9.17) is 24.8 Å². The molecule has 0 aromatic heterocycles. The molecule has 0 fully saturated rings. The lowest BCUT2D eigenvalue weighted by atomic mass is 10.1. The highest BCUT2D eigenvalue weighted by Gasteiger charge is 2.28. The summed E-state index contributed by atoms with van der Waals surface area (Å²) in [5, 5.41) is 8.90. The summed E-state index contributed by atoms with van der Waals surface area (Å²) in [6.45, 7) is 2.63. The Balaban J connectivity index is 4.38. The van der Waals surface area contributed by atoms with E-state index in [-0.39, 0.29) is 19.4 Å². The third-order valence-electron chi connectivity index (χ3n) is 9.44. The maximum Gasteiger partial charge on any atom is 0.472 e. The van der Waals surface area contributed by atoms with Crippen molar-refractivity contribution in [3.05, 3.63) is 72.9 Å². The largest absolute Gasteiger partial charge is 0.480 e. The second kappa shape index (κ2) is 42.6. The number of rotatable bonds is 42. The predicted molar refractivity (Wildman–Crippen MR) is 244 cm³/mol. The second-order valence-corrected chi connectivity index (χ2v) is 16.6. The van der Waals surface area contributed by atoms with E-state index < -0.39 is 51.1 Å². The zero-order valence-electron chi connectivity index (χ0n) is 37.3. The summed E-state index contributed by atoms with van der Waals surface area (Å²) in [4.78, 5) is 46.0. The van der Waals surface area contributed by atoms with Crippen molar-refractivity contribution in [2.24, 2.45) is 5.73 Å². The van der Waals surface area contributed by atoms with E-state index in [0.717, 1.165) is 83.5 Å². The summed E-state index contributed by atoms with van der Waals surface area (Å²) in [6, 6.07) is -1.53. The van der Waals surface area contributed by atoms with Gasteiger partial charge in [-0.15, -0.1) is 0 Å². The molecule has 12 heteroatoms. The fourth-order valence-corrected chi connectivity index (χ4v) is 6.63. The Labute approximate surface area is 363 Å². The van der Waals surface area contributed by atoms with Crippen molar-refractivity contribution in [3.8, 4) is 0 Å². The first-order valence-corrected chi connectivity index (χ1v) is 24.5. The summed E-state index contributed by atoms with van der Waals surface area (Å²) in [5.41, 5.74) is 5.34. The van der Waals surface area contributed by atoms with Gasteiger partial charge < -0.3 is 25.2 Å². The van der Waals surface area contributed by atoms with Crippen molar-refractivity contribution < 1.29 is 47.5 Å². The van der Waals surface area contributed by atoms with E-state index in [1.54, 1.807) is 0 Å². The van der Waals surface area contributed by atoms with E-state index in [1.165, 1.54) is 57.8 Å². The van der Waals surface area contributed by atoms with Gasteiger partial charge in [0.15, 0.2) is 6.10 Å². The molecule has 0 aromatic carbocycles. The van der Waals surface area contributed by atoms with Crippen LogP contribution in [0.15, 0.2) is 72.9 Å². The number of nitrogens with two attached hydrogens (primary N) is 1. The summed E-state index contributed by atoms with van der Waals surface area (Å²) in [5.74, 6) is -2.42. The number of phosphoric acid groups is 1. The minimum Gasteiger partial charge on any atom is -0.480 e. The molecule has 4 N–H and O–H groups in total. The molecule has 0 radical (unpaired) electrons. The molecule has 0 saturated heterocycles. The quantitative estimate of drug-likeness (QED) is 0.0231. The van der Waals surface area contributed by atoms with Gasteiger partial charge in [0, 0.05) is 12.8 Å². The molecule has 3 atom stereocenters. The maximum absolute atomic E-state index is 12.6. The van der Waals surface area contributed by atoms with Crippen molar-refractivity contribution >= 4 is 25.7 Å². The molecule has 0 aliphatic rings. The van der Waals surface area contributed by atoms with Gasteiger partial charge in [0.05, 0.1) is 13.2 Å². The van der Waals surface area contributed by atoms with Crippen LogP contribution >= 0.6 is 7.82 Å². The number of esters is 2. The minimum atomic E-state index is -4.73. The lowest BCUT2D eigenvalue weighted by molar-refractivity contribution is -0.161. The molecule has 0 aliphatic carbocycles. The zero-order chi connectivity index (χ0) is 44.2. The molecule has 0 aromatic rings.